The van der Waals surface area contributed by atoms with E-state index in [2.05, 4.69) is 16.2 Å². The predicted octanol–water partition coefficient (Wildman–Crippen LogP) is 1.95. The van der Waals surface area contributed by atoms with E-state index < -0.39 is 23.8 Å². The Hall–Kier alpha value is -2.44. The first-order valence-electron chi connectivity index (χ1n) is 6.92. The predicted molar refractivity (Wildman–Crippen MR) is 83.1 cm³/mol. The molecule has 23 heavy (non-hydrogen) atoms. The Morgan fingerprint density at radius 1 is 1.09 bits per heavy atom. The average molecular weight is 334 g/mol. The number of hydrazine groups is 1. The Labute approximate surface area is 136 Å². The van der Waals surface area contributed by atoms with E-state index >= 15 is 0 Å². The van der Waals surface area contributed by atoms with Crippen LogP contribution in [0.4, 0.5) is 4.39 Å². The number of carbonyl (C=O) groups is 2. The van der Waals surface area contributed by atoms with Gasteiger partial charge in [0.25, 0.3) is 11.8 Å². The van der Waals surface area contributed by atoms with Crippen molar-refractivity contribution in [1.82, 2.24) is 16.2 Å². The lowest BCUT2D eigenvalue weighted by Crippen LogP contribution is -2.42. The number of hydrogen-bond acceptors (Lipinski definition) is 3. The van der Waals surface area contributed by atoms with Crippen LogP contribution < -0.4 is 16.2 Å². The highest BCUT2D eigenvalue weighted by atomic mass is 35.5. The van der Waals surface area contributed by atoms with Crippen LogP contribution in [0, 0.1) is 5.82 Å². The maximum Gasteiger partial charge on any atom is 0.258 e. The van der Waals surface area contributed by atoms with Gasteiger partial charge >= 0.3 is 0 Å². The van der Waals surface area contributed by atoms with Crippen molar-refractivity contribution in [2.75, 3.05) is 0 Å². The van der Waals surface area contributed by atoms with Gasteiger partial charge in [0, 0.05) is 10.6 Å². The van der Waals surface area contributed by atoms with Crippen molar-refractivity contribution in [1.29, 1.82) is 0 Å². The van der Waals surface area contributed by atoms with Crippen LogP contribution in [0.5, 0.6) is 0 Å². The molecule has 0 unspecified atom stereocenters. The van der Waals surface area contributed by atoms with Crippen LogP contribution in [-0.2, 0) is 4.79 Å². The van der Waals surface area contributed by atoms with E-state index in [0.29, 0.717) is 5.02 Å². The van der Waals surface area contributed by atoms with Gasteiger partial charge in [-0.15, -0.1) is 0 Å². The van der Waals surface area contributed by atoms with Gasteiger partial charge in [-0.25, -0.2) is 9.82 Å². The Morgan fingerprint density at radius 2 is 1.74 bits per heavy atom. The highest BCUT2D eigenvalue weighted by Crippen LogP contribution is 2.22. The van der Waals surface area contributed by atoms with Crippen LogP contribution in [0.15, 0.2) is 48.5 Å². The van der Waals surface area contributed by atoms with Crippen molar-refractivity contribution in [3.8, 4) is 0 Å². The minimum absolute atomic E-state index is 0.279. The second-order valence-corrected chi connectivity index (χ2v) is 5.56. The van der Waals surface area contributed by atoms with Crippen molar-refractivity contribution in [2.24, 2.45) is 0 Å². The summed E-state index contributed by atoms with van der Waals surface area (Å²) in [5, 5.41) is 3.24. The van der Waals surface area contributed by atoms with E-state index in [-0.39, 0.29) is 11.5 Å². The van der Waals surface area contributed by atoms with Gasteiger partial charge in [-0.05, 0) is 42.0 Å². The van der Waals surface area contributed by atoms with Crippen molar-refractivity contribution in [3.05, 3.63) is 70.5 Å². The lowest BCUT2D eigenvalue weighted by Gasteiger charge is -2.18. The minimum atomic E-state index is -0.784. The summed E-state index contributed by atoms with van der Waals surface area (Å²) in [6, 6.07) is 10.9. The van der Waals surface area contributed by atoms with Crippen LogP contribution in [0.3, 0.4) is 0 Å². The zero-order valence-corrected chi connectivity index (χ0v) is 12.6. The van der Waals surface area contributed by atoms with Crippen LogP contribution in [-0.4, -0.2) is 17.9 Å². The van der Waals surface area contributed by atoms with E-state index in [9.17, 15) is 14.0 Å². The molecule has 118 valence electrons. The monoisotopic (exact) mass is 333 g/mol. The molecule has 0 aromatic heterocycles. The van der Waals surface area contributed by atoms with Crippen molar-refractivity contribution in [2.45, 2.75) is 12.1 Å². The minimum Gasteiger partial charge on any atom is -0.338 e. The van der Waals surface area contributed by atoms with E-state index in [1.165, 1.54) is 24.3 Å². The van der Waals surface area contributed by atoms with Gasteiger partial charge in [0.05, 0.1) is 6.04 Å². The zero-order chi connectivity index (χ0) is 16.4. The molecule has 2 aromatic rings. The van der Waals surface area contributed by atoms with Crippen molar-refractivity contribution < 1.29 is 14.0 Å². The second kappa shape index (κ2) is 6.36. The van der Waals surface area contributed by atoms with Gasteiger partial charge in [-0.3, -0.25) is 15.0 Å². The van der Waals surface area contributed by atoms with Gasteiger partial charge in [-0.2, -0.15) is 0 Å². The van der Waals surface area contributed by atoms with Crippen molar-refractivity contribution in [3.63, 3.8) is 0 Å². The third kappa shape index (κ3) is 3.33. The smallest absolute Gasteiger partial charge is 0.258 e. The average Bonchev–Trinajstić information content (AvgIpc) is 2.90. The highest BCUT2D eigenvalue weighted by Gasteiger charge is 2.36. The summed E-state index contributed by atoms with van der Waals surface area (Å²) in [6.07, 6.45) is 0. The molecule has 0 saturated carbocycles. The van der Waals surface area contributed by atoms with Crippen LogP contribution in [0.1, 0.15) is 22.0 Å². The molecule has 3 rings (SSSR count). The molecule has 2 atom stereocenters. The first-order chi connectivity index (χ1) is 11.0. The molecule has 7 heteroatoms. The fourth-order valence-electron chi connectivity index (χ4n) is 2.38. The number of carbonyl (C=O) groups excluding carboxylic acids is 2. The quantitative estimate of drug-likeness (QED) is 0.804. The molecule has 1 aliphatic heterocycles. The second-order valence-electron chi connectivity index (χ2n) is 5.12. The summed E-state index contributed by atoms with van der Waals surface area (Å²) >= 11 is 5.86. The lowest BCUT2D eigenvalue weighted by molar-refractivity contribution is -0.121. The molecule has 5 nitrogen and oxygen atoms in total. The van der Waals surface area contributed by atoms with Gasteiger partial charge in [0.1, 0.15) is 11.9 Å². The molecule has 1 fully saturated rings. The molecule has 0 spiro atoms. The summed E-state index contributed by atoms with van der Waals surface area (Å²) in [6.45, 7) is 0. The molecule has 2 aromatic carbocycles. The standard InChI is InChI=1S/C16H13ClFN3O2/c17-11-5-1-9(2-6-11)13-14(16(23)21-20-13)19-15(22)10-3-7-12(18)8-4-10/h1-8,13-14,20H,(H,19,22)(H,21,23)/t13-,14+/m0/s1. The molecule has 2 amide bonds. The SMILES string of the molecule is O=C(N[C@H]1C(=O)NN[C@H]1c1ccc(Cl)cc1)c1ccc(F)cc1. The van der Waals surface area contributed by atoms with Crippen LogP contribution >= 0.6 is 11.6 Å². The normalized spacial score (nSPS) is 20.2. The third-order valence-corrected chi connectivity index (χ3v) is 3.84. The summed E-state index contributed by atoms with van der Waals surface area (Å²) in [5.41, 5.74) is 6.42. The van der Waals surface area contributed by atoms with Crippen LogP contribution in [0.25, 0.3) is 0 Å². The maximum atomic E-state index is 12.9. The maximum absolute atomic E-state index is 12.9. The van der Waals surface area contributed by atoms with Gasteiger partial charge in [0.15, 0.2) is 0 Å². The molecular weight excluding hydrogens is 321 g/mol. The molecule has 1 saturated heterocycles. The topological polar surface area (TPSA) is 70.2 Å². The van der Waals surface area contributed by atoms with Crippen LogP contribution in [0.2, 0.25) is 5.02 Å². The molecule has 1 heterocycles. The Bertz CT molecular complexity index is 734. The van der Waals surface area contributed by atoms with Gasteiger partial charge < -0.3 is 5.32 Å². The summed E-state index contributed by atoms with van der Waals surface area (Å²) in [4.78, 5) is 24.2. The number of nitrogens with one attached hydrogen (secondary N) is 3. The molecule has 0 radical (unpaired) electrons. The van der Waals surface area contributed by atoms with Crippen molar-refractivity contribution >= 4 is 23.4 Å². The summed E-state index contributed by atoms with van der Waals surface area (Å²) in [7, 11) is 0. The molecule has 3 N–H and O–H groups in total. The number of benzene rings is 2. The van der Waals surface area contributed by atoms with E-state index in [1.807, 2.05) is 0 Å². The first kappa shape index (κ1) is 15.5. The Balaban J connectivity index is 1.78. The summed E-state index contributed by atoms with van der Waals surface area (Å²) in [5.74, 6) is -1.23. The molecule has 0 aliphatic carbocycles. The fraction of sp³-hybridized carbons (Fsp3) is 0.125. The Morgan fingerprint density at radius 3 is 2.39 bits per heavy atom. The van der Waals surface area contributed by atoms with E-state index in [4.69, 9.17) is 11.6 Å². The molecule has 1 aliphatic rings. The zero-order valence-electron chi connectivity index (χ0n) is 11.8. The fourth-order valence-corrected chi connectivity index (χ4v) is 2.51. The first-order valence-corrected chi connectivity index (χ1v) is 7.29. The summed E-state index contributed by atoms with van der Waals surface area (Å²) < 4.78 is 12.9. The lowest BCUT2D eigenvalue weighted by atomic mass is 10.0. The van der Waals surface area contributed by atoms with Gasteiger partial charge in [-0.1, -0.05) is 23.7 Å². The number of hydrogen-bond donors (Lipinski definition) is 3. The van der Waals surface area contributed by atoms with E-state index in [1.54, 1.807) is 24.3 Å². The molecular formula is C16H13ClFN3O2. The van der Waals surface area contributed by atoms with E-state index in [0.717, 1.165) is 5.56 Å². The number of rotatable bonds is 3. The number of halogens is 2. The Kier molecular flexibility index (Phi) is 4.27. The van der Waals surface area contributed by atoms with Gasteiger partial charge in [0.2, 0.25) is 0 Å². The molecule has 0 bridgehead atoms. The third-order valence-electron chi connectivity index (χ3n) is 3.59. The largest absolute Gasteiger partial charge is 0.338 e. The highest BCUT2D eigenvalue weighted by molar-refractivity contribution is 6.30. The number of amides is 2.